The molecule has 15 rings (SSSR count). The molecule has 0 aliphatic carbocycles. The number of methoxy groups -OCH3 is 3. The number of aromatic nitrogens is 8. The molecule has 15 aromatic rings. The molecule has 0 atom stereocenters. The third kappa shape index (κ3) is 36.1. The Morgan fingerprint density at radius 3 is 1.13 bits per heavy atom. The van der Waals surface area contributed by atoms with Gasteiger partial charge in [0.25, 0.3) is 0 Å². The first-order valence-electron chi connectivity index (χ1n) is 39.4. The Kier molecular flexibility index (Phi) is 43.4. The number of carboxylic acid groups (broad SMARTS) is 1. The van der Waals surface area contributed by atoms with E-state index in [1.54, 1.807) is 75.9 Å². The number of nitrogens with one attached hydrogen (secondary N) is 2. The molecule has 11 aromatic carbocycles. The Labute approximate surface area is 756 Å². The lowest BCUT2D eigenvalue weighted by molar-refractivity contribution is -0.139. The van der Waals surface area contributed by atoms with E-state index in [4.69, 9.17) is 104 Å². The summed E-state index contributed by atoms with van der Waals surface area (Å²) in [6.45, 7) is 23.7. The lowest BCUT2D eigenvalue weighted by Gasteiger charge is -2.12. The number of carbonyl (C=O) groups is 1. The largest absolute Gasteiger partial charge is 0.497 e. The van der Waals surface area contributed by atoms with E-state index >= 15 is 0 Å². The predicted octanol–water partition coefficient (Wildman–Crippen LogP) is 23.8. The quantitative estimate of drug-likeness (QED) is 0.0158. The van der Waals surface area contributed by atoms with Gasteiger partial charge in [0.15, 0.2) is 6.61 Å². The highest BCUT2D eigenvalue weighted by molar-refractivity contribution is 9.09. The Balaban J connectivity index is 0.000000199. The highest BCUT2D eigenvalue weighted by Crippen LogP contribution is 2.27. The molecule has 0 unspecified atom stereocenters. The molecule has 8 N–H and O–H groups in total. The zero-order valence-corrected chi connectivity index (χ0v) is 76.4. The number of alkyl halides is 2. The number of rotatable bonds is 27. The number of carboxylic acids is 1. The molecule has 4 heterocycles. The van der Waals surface area contributed by atoms with Crippen molar-refractivity contribution in [3.05, 3.63) is 330 Å². The Morgan fingerprint density at radius 1 is 0.427 bits per heavy atom. The average molecular weight is 1870 g/mol. The molecule has 4 aromatic heterocycles. The van der Waals surface area contributed by atoms with Crippen LogP contribution in [0.2, 0.25) is 15.1 Å². The Bertz CT molecular complexity index is 5590. The molecule has 124 heavy (non-hydrogen) atoms. The van der Waals surface area contributed by atoms with Crippen LogP contribution in [0.25, 0.3) is 44.1 Å². The summed E-state index contributed by atoms with van der Waals surface area (Å²) in [5, 5.41) is 20.8. The minimum Gasteiger partial charge on any atom is -0.497 e. The number of halogens is 5. The second kappa shape index (κ2) is 54.4. The van der Waals surface area contributed by atoms with Crippen LogP contribution in [0.5, 0.6) is 51.7 Å². The van der Waals surface area contributed by atoms with Gasteiger partial charge in [-0.2, -0.15) is 0 Å². The molecular weight excluding hydrogens is 1760 g/mol. The number of fused-ring (bicyclic) bond motifs is 4. The maximum Gasteiger partial charge on any atom is 0.341 e. The lowest BCUT2D eigenvalue weighted by Crippen LogP contribution is -2.10. The summed E-state index contributed by atoms with van der Waals surface area (Å²) >= 11 is 23.8. The molecule has 0 fully saturated rings. The summed E-state index contributed by atoms with van der Waals surface area (Å²) in [6, 6.07) is 82.9. The summed E-state index contributed by atoms with van der Waals surface area (Å²) in [4.78, 5) is 34.8. The summed E-state index contributed by atoms with van der Waals surface area (Å²) in [5.41, 5.74) is 22.5. The number of para-hydroxylation sites is 10. The van der Waals surface area contributed by atoms with E-state index in [9.17, 15) is 4.79 Å². The van der Waals surface area contributed by atoms with Crippen LogP contribution >= 0.6 is 66.7 Å². The Morgan fingerprint density at radius 2 is 0.766 bits per heavy atom. The smallest absolute Gasteiger partial charge is 0.341 e. The van der Waals surface area contributed by atoms with Crippen LogP contribution in [0, 0.1) is 11.8 Å². The van der Waals surface area contributed by atoms with Gasteiger partial charge in [0.1, 0.15) is 108 Å². The van der Waals surface area contributed by atoms with Crippen molar-refractivity contribution >= 4 is 128 Å². The molecule has 0 spiro atoms. The van der Waals surface area contributed by atoms with E-state index in [0.29, 0.717) is 76.9 Å². The number of nitrogen functional groups attached to an aromatic ring is 2. The van der Waals surface area contributed by atoms with Gasteiger partial charge in [-0.05, 0) is 196 Å². The number of ether oxygens (including phenoxy) is 9. The zero-order valence-electron chi connectivity index (χ0n) is 71.0. The third-order valence-corrected chi connectivity index (χ3v) is 19.6. The molecule has 0 amide bonds. The van der Waals surface area contributed by atoms with Crippen LogP contribution in [-0.2, 0) is 44.3 Å². The number of aliphatic hydroxyl groups is 1. The highest BCUT2D eigenvalue weighted by atomic mass is 79.9. The second-order valence-electron chi connectivity index (χ2n) is 28.1. The number of imidazole rings is 4. The van der Waals surface area contributed by atoms with Crippen molar-refractivity contribution in [2.45, 2.75) is 81.1 Å². The van der Waals surface area contributed by atoms with Gasteiger partial charge in [-0.3, -0.25) is 0 Å². The van der Waals surface area contributed by atoms with E-state index in [2.05, 4.69) is 119 Å². The van der Waals surface area contributed by atoms with Crippen molar-refractivity contribution < 1.29 is 57.6 Å². The molecule has 652 valence electrons. The van der Waals surface area contributed by atoms with Gasteiger partial charge >= 0.3 is 5.97 Å². The third-order valence-electron chi connectivity index (χ3n) is 16.6. The SMILES string of the molecule is C=C(C)CBr.C=C(C)Cn1c(COc2cccc(OC)c2)nc2ccccc21.CC(C)CBr.CC(C)Cn1c(COc2ccc(Cl)cc2)nc2ccccc21.COc1cccc(OCCO)c1.COc1cccc(OCc2nc3ccccc3[nH]2)c1.Clc1ccc(OCc2nc3ccccc3[nH]2)cc1.Nc1ccccc1N.O=C(O)COc1ccc(Cl)cc1. The van der Waals surface area contributed by atoms with E-state index in [0.717, 1.165) is 143 Å². The van der Waals surface area contributed by atoms with Gasteiger partial charge in [-0.1, -0.05) is 198 Å². The number of allylic oxidation sites excluding steroid dienone is 2. The van der Waals surface area contributed by atoms with Crippen molar-refractivity contribution in [1.29, 1.82) is 0 Å². The molecule has 27 heteroatoms. The normalized spacial score (nSPS) is 10.3. The topological polar surface area (TPSA) is 286 Å². The standard InChI is InChI=1S/C19H20N2O2.C18H19ClN2O.C15H14N2O2.C14H11ClN2O.C9H12O3.C8H7ClO3.C6H8N2.C4H9Br.C4H7Br/c1-14(2)12-21-18-10-5-4-9-17(18)20-19(21)13-23-16-8-6-7-15(11-16)22-3;1-13(2)11-21-17-6-4-3-5-16(17)20-18(21)12-22-15-9-7-14(19)8-10-15;1-18-11-5-4-6-12(9-11)19-10-15-16-13-7-2-3-8-14(13)17-15;15-10-5-7-11(8-6-10)18-9-14-16-12-3-1-2-4-13(12)17-14;1-11-8-3-2-4-9(7-8)12-6-5-10;9-6-1-3-7(4-2-6)12-5-8(10)11;7-5-3-1-2-4-6(5)8;2*1-4(2)3-5/h4-11H,1,12-13H2,2-3H3;3-10,13H,11-12H2,1-2H3;2-9H,10H2,1H3,(H,16,17);1-8H,9H2,(H,16,17);2-4,7,10H,5-6H2,1H3;1-4H,5H2,(H,10,11);1-4H,7-8H2;4H,3H2,1-2H3;1,3H2,2H3. The number of aliphatic hydroxyl groups excluding tert-OH is 1. The summed E-state index contributed by atoms with van der Waals surface area (Å²) in [5.74, 6) is 10.4. The lowest BCUT2D eigenvalue weighted by atomic mass is 10.2. The number of hydrogen-bond donors (Lipinski definition) is 6. The zero-order chi connectivity index (χ0) is 89.6. The summed E-state index contributed by atoms with van der Waals surface area (Å²) in [6.07, 6.45) is 0. The average Bonchev–Trinajstić information content (AvgIpc) is 1.65. The maximum absolute atomic E-state index is 10.1. The maximum atomic E-state index is 10.1. The molecule has 0 saturated heterocycles. The minimum atomic E-state index is -0.995. The summed E-state index contributed by atoms with van der Waals surface area (Å²) in [7, 11) is 4.88. The van der Waals surface area contributed by atoms with Crippen molar-refractivity contribution in [2.24, 2.45) is 11.8 Å². The van der Waals surface area contributed by atoms with Gasteiger partial charge in [-0.15, -0.1) is 0 Å². The fourth-order valence-corrected chi connectivity index (χ4v) is 11.1. The first-order chi connectivity index (χ1) is 59.8. The van der Waals surface area contributed by atoms with Crippen molar-refractivity contribution in [2.75, 3.05) is 63.3 Å². The van der Waals surface area contributed by atoms with Crippen molar-refractivity contribution in [1.82, 2.24) is 39.0 Å². The van der Waals surface area contributed by atoms with Gasteiger partial charge in [0, 0.05) is 57.0 Å². The minimum absolute atomic E-state index is 0.0250. The number of aliphatic carboxylic acids is 1. The van der Waals surface area contributed by atoms with Crippen molar-refractivity contribution in [3.63, 3.8) is 0 Å². The van der Waals surface area contributed by atoms with Crippen molar-refractivity contribution in [3.8, 4) is 51.7 Å². The Hall–Kier alpha value is -12.2. The second-order valence-corrected chi connectivity index (χ2v) is 30.6. The number of nitrogens with zero attached hydrogens (tertiary/aromatic N) is 6. The monoisotopic (exact) mass is 1870 g/mol. The van der Waals surface area contributed by atoms with E-state index in [-0.39, 0.29) is 13.2 Å². The number of hydrogen-bond acceptors (Lipinski definition) is 17. The van der Waals surface area contributed by atoms with Crippen LogP contribution in [0.3, 0.4) is 0 Å². The van der Waals surface area contributed by atoms with Gasteiger partial charge in [0.05, 0.1) is 83.4 Å². The number of benzene rings is 11. The van der Waals surface area contributed by atoms with E-state index in [1.165, 1.54) is 5.57 Å². The van der Waals surface area contributed by atoms with Crippen LogP contribution in [0.4, 0.5) is 11.4 Å². The van der Waals surface area contributed by atoms with Crippen LogP contribution in [-0.4, -0.2) is 107 Å². The summed E-state index contributed by atoms with van der Waals surface area (Å²) < 4.78 is 52.9. The highest BCUT2D eigenvalue weighted by Gasteiger charge is 2.15. The van der Waals surface area contributed by atoms with Crippen LogP contribution in [0.1, 0.15) is 64.8 Å². The predicted molar refractivity (Wildman–Crippen MR) is 510 cm³/mol. The van der Waals surface area contributed by atoms with E-state index in [1.807, 2.05) is 214 Å². The fourth-order valence-electron chi connectivity index (χ4n) is 10.7. The number of H-pyrrole nitrogens is 2. The molecule has 0 saturated carbocycles. The number of aromatic amines is 2. The molecule has 22 nitrogen and oxygen atoms in total. The van der Waals surface area contributed by atoms with Gasteiger partial charge in [-0.25, -0.2) is 24.7 Å². The van der Waals surface area contributed by atoms with Crippen LogP contribution < -0.4 is 54.1 Å². The first kappa shape index (κ1) is 98.9. The molecule has 0 aliphatic rings. The number of anilines is 2. The van der Waals surface area contributed by atoms with E-state index < -0.39 is 5.97 Å². The van der Waals surface area contributed by atoms with Crippen LogP contribution in [0.15, 0.2) is 291 Å². The molecule has 0 radical (unpaired) electrons. The first-order valence-corrected chi connectivity index (χ1v) is 42.8. The molecular formula is C97H107Br2Cl3N10O12. The molecule has 0 bridgehead atoms. The van der Waals surface area contributed by atoms with Gasteiger partial charge in [0.2, 0.25) is 0 Å². The van der Waals surface area contributed by atoms with Gasteiger partial charge < -0.3 is 83.4 Å². The fraction of sp³-hybridized carbons (Fsp3) is 0.227. The number of nitrogens with two attached hydrogens (primary N) is 2. The molecule has 0 aliphatic heterocycles.